The minimum Gasteiger partial charge on any atom is -0.481 e. The minimum atomic E-state index is -0.361. The topological polar surface area (TPSA) is 69.9 Å². The molecule has 1 aliphatic heterocycles. The zero-order valence-electron chi connectivity index (χ0n) is 12.8. The lowest BCUT2D eigenvalue weighted by atomic mass is 9.96. The molecule has 0 aromatic carbocycles. The highest BCUT2D eigenvalue weighted by molar-refractivity contribution is 6.33. The van der Waals surface area contributed by atoms with Gasteiger partial charge in [-0.25, -0.2) is 0 Å². The van der Waals surface area contributed by atoms with Crippen LogP contribution in [-0.2, 0) is 0 Å². The van der Waals surface area contributed by atoms with Gasteiger partial charge in [-0.2, -0.15) is 5.10 Å². The van der Waals surface area contributed by atoms with Crippen LogP contribution >= 0.6 is 11.6 Å². The van der Waals surface area contributed by atoms with Crippen molar-refractivity contribution in [2.75, 3.05) is 0 Å². The van der Waals surface area contributed by atoms with Crippen molar-refractivity contribution in [1.82, 2.24) is 19.7 Å². The molecule has 0 aliphatic carbocycles. The van der Waals surface area contributed by atoms with E-state index in [1.807, 2.05) is 29.8 Å². The molecule has 0 spiro atoms. The molecule has 7 heteroatoms. The lowest BCUT2D eigenvalue weighted by molar-refractivity contribution is 0.110. The summed E-state index contributed by atoms with van der Waals surface area (Å²) in [6, 6.07) is 5.69. The van der Waals surface area contributed by atoms with Crippen LogP contribution in [0.1, 0.15) is 35.0 Å². The van der Waals surface area contributed by atoms with Crippen LogP contribution in [0.25, 0.3) is 11.4 Å². The van der Waals surface area contributed by atoms with Gasteiger partial charge in [-0.3, -0.25) is 19.4 Å². The Hall–Kier alpha value is -2.73. The molecule has 3 aromatic heterocycles. The molecule has 0 fully saturated rings. The first-order valence-corrected chi connectivity index (χ1v) is 7.82. The predicted molar refractivity (Wildman–Crippen MR) is 88.2 cm³/mol. The Morgan fingerprint density at radius 1 is 1.29 bits per heavy atom. The number of hydrogen-bond donors (Lipinski definition) is 0. The van der Waals surface area contributed by atoms with Gasteiger partial charge in [0.2, 0.25) is 0 Å². The average Bonchev–Trinajstić information content (AvgIpc) is 3.09. The van der Waals surface area contributed by atoms with Crippen LogP contribution in [0.5, 0.6) is 5.75 Å². The molecule has 0 N–H and O–H groups in total. The quantitative estimate of drug-likeness (QED) is 0.682. The van der Waals surface area contributed by atoms with Gasteiger partial charge >= 0.3 is 0 Å². The fourth-order valence-electron chi connectivity index (χ4n) is 3.01. The van der Waals surface area contributed by atoms with Crippen molar-refractivity contribution >= 4 is 17.9 Å². The number of ether oxygens (including phenoxy) is 1. The Bertz CT molecular complexity index is 924. The number of pyridine rings is 2. The Morgan fingerprint density at radius 3 is 3.00 bits per heavy atom. The number of aromatic nitrogens is 4. The molecular weight excluding hydrogens is 328 g/mol. The lowest BCUT2D eigenvalue weighted by Crippen LogP contribution is -2.27. The second kappa shape index (κ2) is 5.72. The number of fused-ring (bicyclic) bond motifs is 3. The normalized spacial score (nSPS) is 18.6. The van der Waals surface area contributed by atoms with E-state index < -0.39 is 0 Å². The molecule has 0 amide bonds. The maximum absolute atomic E-state index is 11.4. The van der Waals surface area contributed by atoms with E-state index in [9.17, 15) is 4.79 Å². The first-order valence-electron chi connectivity index (χ1n) is 7.45. The van der Waals surface area contributed by atoms with E-state index in [2.05, 4.69) is 15.1 Å². The van der Waals surface area contributed by atoms with E-state index in [-0.39, 0.29) is 22.7 Å². The fourth-order valence-corrected chi connectivity index (χ4v) is 3.20. The summed E-state index contributed by atoms with van der Waals surface area (Å²) < 4.78 is 8.02. The highest BCUT2D eigenvalue weighted by atomic mass is 35.5. The number of halogens is 1. The summed E-state index contributed by atoms with van der Waals surface area (Å²) in [7, 11) is 0. The van der Waals surface area contributed by atoms with Gasteiger partial charge in [0.05, 0.1) is 34.2 Å². The number of nitrogens with zero attached hydrogens (tertiary/aromatic N) is 4. The molecule has 3 aromatic rings. The summed E-state index contributed by atoms with van der Waals surface area (Å²) in [5.41, 5.74) is 2.99. The van der Waals surface area contributed by atoms with Gasteiger partial charge < -0.3 is 4.74 Å². The van der Waals surface area contributed by atoms with Gasteiger partial charge in [-0.05, 0) is 19.1 Å². The molecular formula is C17H13ClN4O2. The van der Waals surface area contributed by atoms with Gasteiger partial charge in [0.1, 0.15) is 6.10 Å². The SMILES string of the molecule is CC1C(Oc2cncc(Cl)c2C=O)c2cccnc2-c2ccnn21. The maximum Gasteiger partial charge on any atom is 0.155 e. The number of carbonyl (C=O) groups is 1. The van der Waals surface area contributed by atoms with Crippen LogP contribution in [0.3, 0.4) is 0 Å². The van der Waals surface area contributed by atoms with Crippen molar-refractivity contribution in [2.24, 2.45) is 0 Å². The Kier molecular flexibility index (Phi) is 3.54. The van der Waals surface area contributed by atoms with Crippen molar-refractivity contribution in [3.63, 3.8) is 0 Å². The second-order valence-corrected chi connectivity index (χ2v) is 5.94. The molecule has 6 nitrogen and oxygen atoms in total. The molecule has 0 bridgehead atoms. The third-order valence-electron chi connectivity index (χ3n) is 4.16. The number of carbonyl (C=O) groups excluding carboxylic acids is 1. The second-order valence-electron chi connectivity index (χ2n) is 5.53. The monoisotopic (exact) mass is 340 g/mol. The summed E-state index contributed by atoms with van der Waals surface area (Å²) in [6.45, 7) is 2.01. The third kappa shape index (κ3) is 2.18. The molecule has 24 heavy (non-hydrogen) atoms. The van der Waals surface area contributed by atoms with Crippen molar-refractivity contribution in [2.45, 2.75) is 19.1 Å². The zero-order valence-corrected chi connectivity index (χ0v) is 13.5. The van der Waals surface area contributed by atoms with Crippen LogP contribution in [-0.4, -0.2) is 26.0 Å². The average molecular weight is 341 g/mol. The van der Waals surface area contributed by atoms with Gasteiger partial charge in [0.15, 0.2) is 12.0 Å². The zero-order chi connectivity index (χ0) is 16.7. The van der Waals surface area contributed by atoms with E-state index in [0.717, 1.165) is 17.0 Å². The van der Waals surface area contributed by atoms with E-state index in [1.165, 1.54) is 12.4 Å². The summed E-state index contributed by atoms with van der Waals surface area (Å²) in [5, 5.41) is 4.64. The van der Waals surface area contributed by atoms with Gasteiger partial charge in [0, 0.05) is 24.2 Å². The highest BCUT2D eigenvalue weighted by Crippen LogP contribution is 2.42. The molecule has 0 saturated heterocycles. The first kappa shape index (κ1) is 14.8. The third-order valence-corrected chi connectivity index (χ3v) is 4.46. The largest absolute Gasteiger partial charge is 0.481 e. The predicted octanol–water partition coefficient (Wildman–Crippen LogP) is 3.50. The molecule has 120 valence electrons. The fraction of sp³-hybridized carbons (Fsp3) is 0.176. The standard InChI is InChI=1S/C17H13ClN4O2/c1-10-17(24-15-8-19-7-13(18)12(15)9-23)11-3-2-5-20-16(11)14-4-6-21-22(10)14/h2-10,17H,1H3. The van der Waals surface area contributed by atoms with Crippen LogP contribution < -0.4 is 4.74 Å². The first-order chi connectivity index (χ1) is 11.7. The van der Waals surface area contributed by atoms with Crippen LogP contribution in [0, 0.1) is 0 Å². The molecule has 0 saturated carbocycles. The van der Waals surface area contributed by atoms with Crippen LogP contribution in [0.4, 0.5) is 0 Å². The Morgan fingerprint density at radius 2 is 2.17 bits per heavy atom. The maximum atomic E-state index is 11.4. The van der Waals surface area contributed by atoms with Crippen LogP contribution in [0.2, 0.25) is 5.02 Å². The van der Waals surface area contributed by atoms with Gasteiger partial charge in [-0.15, -0.1) is 0 Å². The highest BCUT2D eigenvalue weighted by Gasteiger charge is 2.34. The molecule has 4 rings (SSSR count). The lowest BCUT2D eigenvalue weighted by Gasteiger charge is -2.32. The summed E-state index contributed by atoms with van der Waals surface area (Å²) in [4.78, 5) is 19.8. The van der Waals surface area contributed by atoms with Crippen molar-refractivity contribution < 1.29 is 9.53 Å². The minimum absolute atomic E-state index is 0.0785. The van der Waals surface area contributed by atoms with E-state index >= 15 is 0 Å². The van der Waals surface area contributed by atoms with E-state index in [0.29, 0.717) is 12.0 Å². The summed E-state index contributed by atoms with van der Waals surface area (Å²) in [5.74, 6) is 0.347. The van der Waals surface area contributed by atoms with Crippen LogP contribution in [0.15, 0.2) is 43.0 Å². The number of rotatable bonds is 3. The molecule has 1 aliphatic rings. The molecule has 2 atom stereocenters. The van der Waals surface area contributed by atoms with E-state index in [4.69, 9.17) is 16.3 Å². The van der Waals surface area contributed by atoms with E-state index in [1.54, 1.807) is 12.4 Å². The Labute approximate surface area is 143 Å². The van der Waals surface area contributed by atoms with Crippen molar-refractivity contribution in [3.05, 3.63) is 59.1 Å². The summed E-state index contributed by atoms with van der Waals surface area (Å²) in [6.07, 6.45) is 6.71. The number of aldehydes is 1. The summed E-state index contributed by atoms with van der Waals surface area (Å²) >= 11 is 6.04. The smallest absolute Gasteiger partial charge is 0.155 e. The van der Waals surface area contributed by atoms with Crippen molar-refractivity contribution in [1.29, 1.82) is 0 Å². The molecule has 4 heterocycles. The Balaban J connectivity index is 1.82. The van der Waals surface area contributed by atoms with Gasteiger partial charge in [0.25, 0.3) is 0 Å². The van der Waals surface area contributed by atoms with Crippen molar-refractivity contribution in [3.8, 4) is 17.1 Å². The molecule has 2 unspecified atom stereocenters. The van der Waals surface area contributed by atoms with Gasteiger partial charge in [-0.1, -0.05) is 17.7 Å². The number of hydrogen-bond acceptors (Lipinski definition) is 5. The molecule has 0 radical (unpaired) electrons.